The molecule has 11 heteroatoms. The number of carbonyl (C=O) groups is 1. The highest BCUT2D eigenvalue weighted by Crippen LogP contribution is 2.36. The van der Waals surface area contributed by atoms with Crippen molar-refractivity contribution in [2.45, 2.75) is 26.8 Å². The van der Waals surface area contributed by atoms with Crippen LogP contribution in [0.4, 0.5) is 8.78 Å². The van der Waals surface area contributed by atoms with Gasteiger partial charge in [-0.3, -0.25) is 9.36 Å². The smallest absolute Gasteiger partial charge is 0.240 e. The molecule has 4 rings (SSSR count). The van der Waals surface area contributed by atoms with E-state index in [1.165, 1.54) is 13.0 Å². The Hall–Kier alpha value is -4.14. The number of carbonyl (C=O) groups excluding carboxylic acids is 1. The quantitative estimate of drug-likeness (QED) is 0.464. The summed E-state index contributed by atoms with van der Waals surface area (Å²) < 4.78 is 37.2. The number of allylic oxidation sites excluding steroid dienone is 2. The third-order valence-electron chi connectivity index (χ3n) is 6.68. The number of benzene rings is 1. The fourth-order valence-electron chi connectivity index (χ4n) is 4.79. The van der Waals surface area contributed by atoms with Crippen LogP contribution >= 0.6 is 0 Å². The Balaban J connectivity index is 1.72. The lowest BCUT2D eigenvalue weighted by Crippen LogP contribution is -2.47. The van der Waals surface area contributed by atoms with E-state index in [0.717, 1.165) is 55.4 Å². The number of nitrogens with two attached hydrogens (primary N) is 1. The molecule has 38 heavy (non-hydrogen) atoms. The Labute approximate surface area is 219 Å². The molecular weight excluding hydrogens is 492 g/mol. The molecule has 9 nitrogen and oxygen atoms in total. The maximum atomic E-state index is 15.4. The molecule has 1 aliphatic heterocycles. The van der Waals surface area contributed by atoms with Gasteiger partial charge in [0.1, 0.15) is 18.0 Å². The number of ether oxygens (including phenoxy) is 1. The van der Waals surface area contributed by atoms with Gasteiger partial charge in [0.05, 0.1) is 17.3 Å². The van der Waals surface area contributed by atoms with Gasteiger partial charge in [0, 0.05) is 55.9 Å². The zero-order chi connectivity index (χ0) is 27.6. The highest BCUT2D eigenvalue weighted by atomic mass is 19.1. The lowest BCUT2D eigenvalue weighted by Gasteiger charge is -2.38. The Kier molecular flexibility index (Phi) is 7.85. The van der Waals surface area contributed by atoms with Crippen LogP contribution in [0.15, 0.2) is 42.9 Å². The van der Waals surface area contributed by atoms with Crippen molar-refractivity contribution in [2.75, 3.05) is 32.7 Å². The van der Waals surface area contributed by atoms with E-state index >= 15 is 8.78 Å². The molecule has 0 amide bonds. The highest BCUT2D eigenvalue weighted by molar-refractivity contribution is 5.94. The normalized spacial score (nSPS) is 15.4. The zero-order valence-electron chi connectivity index (χ0n) is 21.5. The minimum atomic E-state index is -0.890. The van der Waals surface area contributed by atoms with E-state index < -0.39 is 29.3 Å². The first-order valence-electron chi connectivity index (χ1n) is 12.2. The average Bonchev–Trinajstić information content (AvgIpc) is 3.28. The van der Waals surface area contributed by atoms with Crippen LogP contribution in [0.1, 0.15) is 41.6 Å². The molecule has 0 spiro atoms. The number of aromatic nitrogens is 3. The fraction of sp³-hybridized carbons (Fsp3) is 0.333. The van der Waals surface area contributed by atoms with Crippen molar-refractivity contribution in [1.29, 1.82) is 5.26 Å². The molecule has 0 radical (unpaired) electrons. The topological polar surface area (TPSA) is 113 Å². The molecule has 1 aromatic carbocycles. The Morgan fingerprint density at radius 3 is 2.61 bits per heavy atom. The Morgan fingerprint density at radius 1 is 1.29 bits per heavy atom. The second-order valence-corrected chi connectivity index (χ2v) is 8.95. The monoisotopic (exact) mass is 521 g/mol. The number of nitrogens with zero attached hydrogens (tertiary/aromatic N) is 6. The lowest BCUT2D eigenvalue weighted by molar-refractivity contribution is 0.0939. The summed E-state index contributed by atoms with van der Waals surface area (Å²) in [6, 6.07) is 3.37. The van der Waals surface area contributed by atoms with E-state index in [9.17, 15) is 10.1 Å². The van der Waals surface area contributed by atoms with Gasteiger partial charge in [-0.25, -0.2) is 18.7 Å². The summed E-state index contributed by atoms with van der Waals surface area (Å²) in [7, 11) is 0. The van der Waals surface area contributed by atoms with Crippen LogP contribution in [-0.2, 0) is 0 Å². The number of piperazine rings is 1. The van der Waals surface area contributed by atoms with Crippen molar-refractivity contribution in [3.05, 3.63) is 71.5 Å². The SMILES string of the molecule is C=C/C=C(\C(N)c1ncnc(Oc2cc(F)c3c(cc(C)n3C(C)=O)c2F)c1C#N)N1CCN(CC)CC1. The Bertz CT molecular complexity index is 1470. The van der Waals surface area contributed by atoms with Crippen LogP contribution in [0.2, 0.25) is 0 Å². The van der Waals surface area contributed by atoms with Crippen LogP contribution in [0, 0.1) is 29.9 Å². The summed E-state index contributed by atoms with van der Waals surface area (Å²) in [6.07, 6.45) is 4.56. The maximum absolute atomic E-state index is 15.4. The molecule has 1 aliphatic rings. The molecule has 1 saturated heterocycles. The van der Waals surface area contributed by atoms with Crippen LogP contribution in [-0.4, -0.2) is 63.0 Å². The summed E-state index contributed by atoms with van der Waals surface area (Å²) in [4.78, 5) is 24.7. The zero-order valence-corrected chi connectivity index (χ0v) is 21.5. The summed E-state index contributed by atoms with van der Waals surface area (Å²) >= 11 is 0. The summed E-state index contributed by atoms with van der Waals surface area (Å²) in [5, 5.41) is 9.85. The highest BCUT2D eigenvalue weighted by Gasteiger charge is 2.28. The van der Waals surface area contributed by atoms with Crippen LogP contribution in [0.25, 0.3) is 10.9 Å². The van der Waals surface area contributed by atoms with E-state index in [1.54, 1.807) is 19.1 Å². The number of likely N-dealkylation sites (N-methyl/N-ethyl adjacent to an activating group) is 1. The first kappa shape index (κ1) is 26.9. The first-order valence-corrected chi connectivity index (χ1v) is 12.2. The predicted molar refractivity (Wildman–Crippen MR) is 139 cm³/mol. The van der Waals surface area contributed by atoms with Crippen LogP contribution < -0.4 is 10.5 Å². The molecule has 0 aliphatic carbocycles. The van der Waals surface area contributed by atoms with E-state index in [-0.39, 0.29) is 28.0 Å². The van der Waals surface area contributed by atoms with Crippen molar-refractivity contribution in [2.24, 2.45) is 5.73 Å². The fourth-order valence-corrected chi connectivity index (χ4v) is 4.79. The molecule has 0 saturated carbocycles. The number of nitriles is 1. The second-order valence-electron chi connectivity index (χ2n) is 8.95. The van der Waals surface area contributed by atoms with E-state index in [2.05, 4.69) is 33.3 Å². The molecule has 1 atom stereocenters. The molecule has 3 heterocycles. The van der Waals surface area contributed by atoms with E-state index in [1.807, 2.05) is 6.07 Å². The van der Waals surface area contributed by atoms with Gasteiger partial charge in [0.15, 0.2) is 17.4 Å². The molecule has 2 N–H and O–H groups in total. The summed E-state index contributed by atoms with van der Waals surface area (Å²) in [6.45, 7) is 12.9. The summed E-state index contributed by atoms with van der Waals surface area (Å²) in [5.41, 5.74) is 7.59. The van der Waals surface area contributed by atoms with Crippen LogP contribution in [0.3, 0.4) is 0 Å². The predicted octanol–water partition coefficient (Wildman–Crippen LogP) is 4.05. The number of fused-ring (bicyclic) bond motifs is 1. The number of hydrogen-bond donors (Lipinski definition) is 1. The molecule has 1 fully saturated rings. The number of rotatable bonds is 7. The molecule has 3 aromatic rings. The first-order chi connectivity index (χ1) is 18.2. The van der Waals surface area contributed by atoms with Crippen molar-refractivity contribution in [3.63, 3.8) is 0 Å². The summed E-state index contributed by atoms with van der Waals surface area (Å²) in [5.74, 6) is -2.94. The molecule has 198 valence electrons. The van der Waals surface area contributed by atoms with Gasteiger partial charge in [-0.1, -0.05) is 19.6 Å². The third-order valence-corrected chi connectivity index (χ3v) is 6.68. The average molecular weight is 522 g/mol. The third kappa shape index (κ3) is 4.88. The number of aryl methyl sites for hydroxylation is 1. The molecule has 0 bridgehead atoms. The minimum Gasteiger partial charge on any atom is -0.434 e. The largest absolute Gasteiger partial charge is 0.434 e. The van der Waals surface area contributed by atoms with E-state index in [4.69, 9.17) is 10.5 Å². The van der Waals surface area contributed by atoms with Gasteiger partial charge in [-0.05, 0) is 25.6 Å². The second kappa shape index (κ2) is 11.1. The van der Waals surface area contributed by atoms with Crippen molar-refractivity contribution >= 4 is 16.8 Å². The molecular formula is C27H29F2N7O2. The minimum absolute atomic E-state index is 0.0976. The van der Waals surface area contributed by atoms with Gasteiger partial charge < -0.3 is 20.3 Å². The maximum Gasteiger partial charge on any atom is 0.240 e. The van der Waals surface area contributed by atoms with Gasteiger partial charge in [-0.2, -0.15) is 5.26 Å². The van der Waals surface area contributed by atoms with Gasteiger partial charge in [0.2, 0.25) is 11.8 Å². The van der Waals surface area contributed by atoms with Crippen molar-refractivity contribution in [3.8, 4) is 17.7 Å². The van der Waals surface area contributed by atoms with Crippen molar-refractivity contribution < 1.29 is 18.3 Å². The number of halogens is 2. The molecule has 2 aromatic heterocycles. The molecule has 1 unspecified atom stereocenters. The van der Waals surface area contributed by atoms with Crippen molar-refractivity contribution in [1.82, 2.24) is 24.3 Å². The lowest BCUT2D eigenvalue weighted by atomic mass is 10.0. The van der Waals surface area contributed by atoms with Gasteiger partial charge in [-0.15, -0.1) is 0 Å². The van der Waals surface area contributed by atoms with Gasteiger partial charge >= 0.3 is 0 Å². The Morgan fingerprint density at radius 2 is 2.00 bits per heavy atom. The van der Waals surface area contributed by atoms with E-state index in [0.29, 0.717) is 5.69 Å². The van der Waals surface area contributed by atoms with Crippen LogP contribution in [0.5, 0.6) is 11.6 Å². The standard InChI is InChI=1S/C27H29F2N7O2/c1-5-7-21(35-10-8-34(6-2)9-11-35)24(31)25-19(14-30)27(33-15-32-25)38-22-13-20(28)26-18(23(22)29)12-16(3)36(26)17(4)37/h5,7,12-13,15,24H,1,6,8-11,31H2,2-4H3/b21-7+. The van der Waals surface area contributed by atoms with Gasteiger partial charge in [0.25, 0.3) is 0 Å². The number of hydrogen-bond acceptors (Lipinski definition) is 8.